The van der Waals surface area contributed by atoms with Gasteiger partial charge in [-0.25, -0.2) is 0 Å². The molecule has 0 nitrogen and oxygen atoms in total. The number of hydrogen-bond acceptors (Lipinski definition) is 0. The van der Waals surface area contributed by atoms with E-state index in [2.05, 4.69) is 378 Å². The Balaban J connectivity index is 0.898. The van der Waals surface area contributed by atoms with Gasteiger partial charge in [0.1, 0.15) is 0 Å². The Morgan fingerprint density at radius 3 is 0.677 bits per heavy atom. The predicted octanol–water partition coefficient (Wildman–Crippen LogP) is 24.4. The van der Waals surface area contributed by atoms with Crippen LogP contribution in [0.2, 0.25) is 0 Å². The Kier molecular flexibility index (Phi) is 17.3. The van der Waals surface area contributed by atoms with Gasteiger partial charge in [-0.2, -0.15) is 0 Å². The average Bonchev–Trinajstić information content (AvgIpc) is 1.59. The predicted molar refractivity (Wildman–Crippen MR) is 431 cm³/mol. The summed E-state index contributed by atoms with van der Waals surface area (Å²) in [6.07, 6.45) is 3.98. The van der Waals surface area contributed by atoms with E-state index in [0.29, 0.717) is 0 Å². The normalized spacial score (nSPS) is 14.0. The van der Waals surface area contributed by atoms with Crippen molar-refractivity contribution < 1.29 is 0 Å². The summed E-state index contributed by atoms with van der Waals surface area (Å²) in [7, 11) is 0. The maximum absolute atomic E-state index is 3.96. The van der Waals surface area contributed by atoms with E-state index in [9.17, 15) is 0 Å². The van der Waals surface area contributed by atoms with E-state index in [1.54, 1.807) is 0 Å². The molecule has 0 aromatic heterocycles. The molecule has 14 rings (SSSR count). The van der Waals surface area contributed by atoms with Crippen molar-refractivity contribution >= 4 is 30.8 Å². The fraction of sp³-hybridized carbons (Fsp3) is 0.265. The molecule has 0 N–H and O–H groups in total. The van der Waals surface area contributed by atoms with Crippen LogP contribution in [0.4, 0.5) is 0 Å². The summed E-state index contributed by atoms with van der Waals surface area (Å²) in [5.41, 5.74) is 31.5. The minimum atomic E-state index is -3.96. The van der Waals surface area contributed by atoms with Gasteiger partial charge in [0.05, 0.1) is 0 Å². The SMILES string of the molecule is CCC1(CC)c2cc(-c3cc(-c4ccc(C(C)(C)C)cc4)cc(-c4ccc(C(C)(C)C)cc4)c3)ccc2-c2cc[c]([Ge]([c]3ccccc3)([c]3ccccc3)[c]3ccc4c(c3)C(CC)(CC)c3cc(-c5cc(-c6ccc(C(C)(C)C)cc6)cc(-c6ccc(C(C)(C)C)cc6)c5)ccc3-4)cc21. The standard InChI is InChI=1S/C98H100Ge/c1-17-97(18-2)89-61-69(75-57-71(65-31-41-77(42-32-65)93(5,6)7)55-72(58-75)66-33-43-78(44-34-66)94(8,9)10)39-51-85(89)87-53-49-83(63-91(87)97)99(81-27-23-21-24-28-81,82-29-25-22-26-30-82)84-50-54-88-86-52-40-70(62-90(86)98(19-3,20-4)92(88)64-84)76-59-73(67-35-45-79(46-36-67)95(11,12)13)56-74(60-76)68-37-47-80(48-38-68)96(14,15)16/h21-64H,17-20H2,1-16H3. The summed E-state index contributed by atoms with van der Waals surface area (Å²) in [5, 5.41) is 0. The number of fused-ring (bicyclic) bond motifs is 6. The van der Waals surface area contributed by atoms with Crippen LogP contribution in [0.15, 0.2) is 267 Å². The second-order valence-corrected chi connectivity index (χ2v) is 41.0. The fourth-order valence-corrected chi connectivity index (χ4v) is 27.1. The Morgan fingerprint density at radius 2 is 0.434 bits per heavy atom. The molecular weight excluding hydrogens is 1250 g/mol. The monoisotopic (exact) mass is 1350 g/mol. The molecule has 0 bridgehead atoms. The van der Waals surface area contributed by atoms with Crippen LogP contribution >= 0.6 is 0 Å². The van der Waals surface area contributed by atoms with E-state index < -0.39 is 13.3 Å². The Hall–Kier alpha value is -8.82. The van der Waals surface area contributed by atoms with Crippen molar-refractivity contribution in [2.24, 2.45) is 0 Å². The third kappa shape index (κ3) is 11.8. The zero-order valence-corrected chi connectivity index (χ0v) is 63.8. The van der Waals surface area contributed by atoms with Crippen LogP contribution in [-0.2, 0) is 32.5 Å². The second-order valence-electron chi connectivity index (χ2n) is 33.0. The van der Waals surface area contributed by atoms with E-state index in [0.717, 1.165) is 25.7 Å². The van der Waals surface area contributed by atoms with Crippen molar-refractivity contribution in [2.75, 3.05) is 0 Å². The van der Waals surface area contributed by atoms with Crippen LogP contribution < -0.4 is 17.6 Å². The van der Waals surface area contributed by atoms with Crippen LogP contribution in [0, 0.1) is 0 Å². The van der Waals surface area contributed by atoms with Gasteiger partial charge >= 0.3 is 425 Å². The molecule has 0 unspecified atom stereocenters. The summed E-state index contributed by atoms with van der Waals surface area (Å²) in [4.78, 5) is 0. The minimum absolute atomic E-state index is 0.0715. The zero-order chi connectivity index (χ0) is 69.6. The molecule has 12 aromatic rings. The van der Waals surface area contributed by atoms with Gasteiger partial charge in [0.15, 0.2) is 0 Å². The van der Waals surface area contributed by atoms with E-state index in [-0.39, 0.29) is 32.5 Å². The first-order valence-electron chi connectivity index (χ1n) is 36.8. The van der Waals surface area contributed by atoms with Crippen LogP contribution in [0.25, 0.3) is 89.0 Å². The second kappa shape index (κ2) is 25.4. The van der Waals surface area contributed by atoms with Crippen molar-refractivity contribution in [1.82, 2.24) is 0 Å². The molecule has 0 heterocycles. The molecule has 1 heteroatoms. The van der Waals surface area contributed by atoms with Gasteiger partial charge in [0, 0.05) is 0 Å². The Labute approximate surface area is 596 Å². The Bertz CT molecular complexity index is 4490. The molecule has 0 fully saturated rings. The first kappa shape index (κ1) is 67.4. The number of benzene rings is 12. The first-order chi connectivity index (χ1) is 47.3. The van der Waals surface area contributed by atoms with E-state index in [4.69, 9.17) is 0 Å². The summed E-state index contributed by atoms with van der Waals surface area (Å²) < 4.78 is 5.85. The first-order valence-corrected chi connectivity index (χ1v) is 41.0. The molecule has 0 atom stereocenters. The van der Waals surface area contributed by atoms with E-state index >= 15 is 0 Å². The summed E-state index contributed by atoms with van der Waals surface area (Å²) >= 11 is -3.96. The third-order valence-corrected chi connectivity index (χ3v) is 33.3. The van der Waals surface area contributed by atoms with E-state index in [1.807, 2.05) is 0 Å². The summed E-state index contributed by atoms with van der Waals surface area (Å²) in [6.45, 7) is 37.4. The van der Waals surface area contributed by atoms with Crippen LogP contribution in [0.1, 0.15) is 181 Å². The van der Waals surface area contributed by atoms with Gasteiger partial charge < -0.3 is 0 Å². The fourth-order valence-electron chi connectivity index (χ4n) is 17.1. The number of rotatable bonds is 14. The number of hydrogen-bond donors (Lipinski definition) is 0. The van der Waals surface area contributed by atoms with Crippen LogP contribution in [-0.4, -0.2) is 13.3 Å². The molecule has 0 amide bonds. The molecule has 99 heavy (non-hydrogen) atoms. The molecule has 2 aliphatic carbocycles. The molecule has 2 aliphatic rings. The topological polar surface area (TPSA) is 0 Å². The van der Waals surface area contributed by atoms with Crippen molar-refractivity contribution in [3.8, 4) is 89.0 Å². The van der Waals surface area contributed by atoms with Gasteiger partial charge in [-0.1, -0.05) is 132 Å². The zero-order valence-electron chi connectivity index (χ0n) is 61.7. The van der Waals surface area contributed by atoms with Crippen molar-refractivity contribution in [3.05, 3.63) is 311 Å². The molecule has 0 saturated carbocycles. The van der Waals surface area contributed by atoms with Crippen LogP contribution in [0.3, 0.4) is 0 Å². The van der Waals surface area contributed by atoms with E-state index in [1.165, 1.54) is 151 Å². The van der Waals surface area contributed by atoms with Crippen molar-refractivity contribution in [2.45, 2.75) is 169 Å². The van der Waals surface area contributed by atoms with Gasteiger partial charge in [0.25, 0.3) is 0 Å². The molecule has 0 aliphatic heterocycles. The molecule has 12 aromatic carbocycles. The van der Waals surface area contributed by atoms with Gasteiger partial charge in [-0.15, -0.1) is 0 Å². The Morgan fingerprint density at radius 1 is 0.212 bits per heavy atom. The average molecular weight is 1350 g/mol. The van der Waals surface area contributed by atoms with Gasteiger partial charge in [-0.3, -0.25) is 0 Å². The summed E-state index contributed by atoms with van der Waals surface area (Å²) in [5.74, 6) is 0. The van der Waals surface area contributed by atoms with Crippen LogP contribution in [0.5, 0.6) is 0 Å². The van der Waals surface area contributed by atoms with Gasteiger partial charge in [0.2, 0.25) is 0 Å². The molecule has 496 valence electrons. The summed E-state index contributed by atoms with van der Waals surface area (Å²) in [6, 6.07) is 106. The quantitative estimate of drug-likeness (QED) is 0.0952. The van der Waals surface area contributed by atoms with Gasteiger partial charge in [-0.05, 0) is 43.9 Å². The molecular formula is C98H100Ge. The van der Waals surface area contributed by atoms with Crippen molar-refractivity contribution in [1.29, 1.82) is 0 Å². The molecule has 0 spiro atoms. The maximum atomic E-state index is 2.74. The van der Waals surface area contributed by atoms with Crippen molar-refractivity contribution in [3.63, 3.8) is 0 Å². The third-order valence-electron chi connectivity index (χ3n) is 23.3. The molecule has 0 saturated heterocycles. The molecule has 0 radical (unpaired) electrons.